The van der Waals surface area contributed by atoms with Crippen molar-refractivity contribution in [2.45, 2.75) is 12.8 Å². The standard InChI is InChI=1S/C27H25N5O5.ClH/c1-31-15-21(23(33)12-7-17-5-8-18(9-6-17)26(28)29)20-11-10-19(14-22(20)31)37-27(36)32(16-25(34)35)24-4-2-3-13-30-24;/h2-6,8-11,13-15H,7,12,16H2,1H3,(H3,28,29)(H,34,35);1H. The maximum absolute atomic E-state index is 13.0. The van der Waals surface area contributed by atoms with Gasteiger partial charge in [-0.2, -0.15) is 0 Å². The Bertz CT molecular complexity index is 1490. The number of hydrogen-bond acceptors (Lipinski definition) is 6. The van der Waals surface area contributed by atoms with E-state index < -0.39 is 18.6 Å². The Morgan fingerprint density at radius 1 is 1.11 bits per heavy atom. The number of nitrogens with zero attached hydrogens (tertiary/aromatic N) is 3. The van der Waals surface area contributed by atoms with Crippen LogP contribution in [0.3, 0.4) is 0 Å². The van der Waals surface area contributed by atoms with Crippen molar-refractivity contribution in [1.82, 2.24) is 9.55 Å². The number of benzene rings is 2. The molecule has 11 heteroatoms. The van der Waals surface area contributed by atoms with Gasteiger partial charge in [0.05, 0.1) is 5.52 Å². The minimum Gasteiger partial charge on any atom is -0.480 e. The van der Waals surface area contributed by atoms with E-state index >= 15 is 0 Å². The van der Waals surface area contributed by atoms with Crippen LogP contribution in [0.4, 0.5) is 10.6 Å². The minimum absolute atomic E-state index is 0. The van der Waals surface area contributed by atoms with Crippen LogP contribution in [0.25, 0.3) is 10.9 Å². The molecule has 4 rings (SSSR count). The number of halogens is 1. The lowest BCUT2D eigenvalue weighted by atomic mass is 10.0. The van der Waals surface area contributed by atoms with Crippen LogP contribution in [0, 0.1) is 5.41 Å². The van der Waals surface area contributed by atoms with Crippen LogP contribution in [0.2, 0.25) is 0 Å². The van der Waals surface area contributed by atoms with E-state index in [1.807, 2.05) is 12.1 Å². The average molecular weight is 536 g/mol. The molecular weight excluding hydrogens is 510 g/mol. The summed E-state index contributed by atoms with van der Waals surface area (Å²) in [7, 11) is 1.79. The zero-order valence-electron chi connectivity index (χ0n) is 20.5. The molecule has 0 bridgehead atoms. The number of carboxylic acids is 1. The molecule has 196 valence electrons. The van der Waals surface area contributed by atoms with E-state index in [1.165, 1.54) is 12.3 Å². The molecule has 0 spiro atoms. The Kier molecular flexibility index (Phi) is 8.82. The van der Waals surface area contributed by atoms with E-state index in [2.05, 4.69) is 4.98 Å². The van der Waals surface area contributed by atoms with Gasteiger partial charge in [-0.25, -0.2) is 14.7 Å². The Labute approximate surface area is 224 Å². The number of carbonyl (C=O) groups is 3. The lowest BCUT2D eigenvalue weighted by molar-refractivity contribution is -0.135. The van der Waals surface area contributed by atoms with E-state index in [9.17, 15) is 19.5 Å². The number of carbonyl (C=O) groups excluding carboxylic acids is 2. The third kappa shape index (κ3) is 6.34. The van der Waals surface area contributed by atoms with Crippen LogP contribution in [-0.2, 0) is 18.3 Å². The van der Waals surface area contributed by atoms with Crippen LogP contribution in [0.15, 0.2) is 73.1 Å². The molecule has 0 saturated carbocycles. The van der Waals surface area contributed by atoms with Gasteiger partial charge in [0.15, 0.2) is 5.78 Å². The van der Waals surface area contributed by atoms with Crippen LogP contribution in [-0.4, -0.2) is 44.9 Å². The number of aromatic nitrogens is 2. The highest BCUT2D eigenvalue weighted by atomic mass is 35.5. The number of nitrogens with one attached hydrogen (secondary N) is 1. The SMILES string of the molecule is Cl.Cn1cc(C(=O)CCc2ccc(C(=N)N)cc2)c2ccc(OC(=O)N(CC(=O)O)c3ccccn3)cc21. The number of amidine groups is 1. The molecule has 2 aromatic heterocycles. The van der Waals surface area contributed by atoms with Crippen molar-refractivity contribution in [3.63, 3.8) is 0 Å². The number of fused-ring (bicyclic) bond motifs is 1. The molecule has 10 nitrogen and oxygen atoms in total. The second kappa shape index (κ2) is 12.0. The van der Waals surface area contributed by atoms with Gasteiger partial charge in [-0.1, -0.05) is 30.3 Å². The number of nitrogen functional groups attached to an aromatic ring is 1. The second-order valence-corrected chi connectivity index (χ2v) is 8.40. The summed E-state index contributed by atoms with van der Waals surface area (Å²) in [6, 6.07) is 16.9. The zero-order valence-corrected chi connectivity index (χ0v) is 21.3. The maximum Gasteiger partial charge on any atom is 0.421 e. The number of Topliss-reactive ketones (excluding diaryl/α,β-unsaturated/α-hetero) is 1. The van der Waals surface area contributed by atoms with Crippen LogP contribution >= 0.6 is 12.4 Å². The van der Waals surface area contributed by atoms with Gasteiger partial charge < -0.3 is 20.1 Å². The first-order chi connectivity index (χ1) is 17.7. The number of aliphatic carboxylic acids is 1. The number of ether oxygens (including phenoxy) is 1. The monoisotopic (exact) mass is 535 g/mol. The summed E-state index contributed by atoms with van der Waals surface area (Å²) in [6.07, 6.45) is 3.14. The molecule has 4 N–H and O–H groups in total. The molecule has 38 heavy (non-hydrogen) atoms. The molecule has 4 aromatic rings. The summed E-state index contributed by atoms with van der Waals surface area (Å²) in [4.78, 5) is 42.0. The fraction of sp³-hybridized carbons (Fsp3) is 0.148. The lowest BCUT2D eigenvalue weighted by Crippen LogP contribution is -2.38. The summed E-state index contributed by atoms with van der Waals surface area (Å²) in [5, 5.41) is 17.4. The molecule has 0 saturated heterocycles. The van der Waals surface area contributed by atoms with Gasteiger partial charge in [-0.05, 0) is 36.2 Å². The van der Waals surface area contributed by atoms with Gasteiger partial charge in [0.25, 0.3) is 0 Å². The van der Waals surface area contributed by atoms with Gasteiger partial charge in [0.1, 0.15) is 23.9 Å². The molecule has 0 aliphatic rings. The highest BCUT2D eigenvalue weighted by Gasteiger charge is 2.23. The van der Waals surface area contributed by atoms with Crippen molar-refractivity contribution < 1.29 is 24.2 Å². The predicted octanol–water partition coefficient (Wildman–Crippen LogP) is 4.18. The molecule has 0 aliphatic heterocycles. The van der Waals surface area contributed by atoms with Crippen molar-refractivity contribution in [3.8, 4) is 5.75 Å². The largest absolute Gasteiger partial charge is 0.480 e. The number of amides is 1. The third-order valence-electron chi connectivity index (χ3n) is 5.81. The number of rotatable bonds is 9. The van der Waals surface area contributed by atoms with E-state index in [0.29, 0.717) is 34.9 Å². The number of ketones is 1. The summed E-state index contributed by atoms with van der Waals surface area (Å²) in [5.41, 5.74) is 8.32. The summed E-state index contributed by atoms with van der Waals surface area (Å²) >= 11 is 0. The Hall–Kier alpha value is -4.70. The van der Waals surface area contributed by atoms with E-state index in [1.54, 1.807) is 60.3 Å². The van der Waals surface area contributed by atoms with Gasteiger partial charge in [0.2, 0.25) is 0 Å². The Morgan fingerprint density at radius 2 is 1.84 bits per heavy atom. The molecule has 0 fully saturated rings. The van der Waals surface area contributed by atoms with Crippen molar-refractivity contribution >= 4 is 52.8 Å². The Morgan fingerprint density at radius 3 is 2.47 bits per heavy atom. The molecule has 2 aromatic carbocycles. The van der Waals surface area contributed by atoms with Gasteiger partial charge in [-0.15, -0.1) is 12.4 Å². The third-order valence-corrected chi connectivity index (χ3v) is 5.81. The van der Waals surface area contributed by atoms with Gasteiger partial charge >= 0.3 is 12.1 Å². The molecule has 0 unspecified atom stereocenters. The lowest BCUT2D eigenvalue weighted by Gasteiger charge is -2.19. The number of nitrogens with two attached hydrogens (primary N) is 1. The van der Waals surface area contributed by atoms with E-state index in [4.69, 9.17) is 15.9 Å². The fourth-order valence-corrected chi connectivity index (χ4v) is 3.94. The van der Waals surface area contributed by atoms with Crippen LogP contribution < -0.4 is 15.4 Å². The second-order valence-electron chi connectivity index (χ2n) is 8.40. The highest BCUT2D eigenvalue weighted by Crippen LogP contribution is 2.27. The molecular formula is C27H26ClN5O5. The van der Waals surface area contributed by atoms with Crippen molar-refractivity contribution in [1.29, 1.82) is 5.41 Å². The number of anilines is 1. The van der Waals surface area contributed by atoms with Crippen molar-refractivity contribution in [3.05, 3.63) is 89.7 Å². The number of hydrogen-bond donors (Lipinski definition) is 3. The Balaban J connectivity index is 0.00000400. The summed E-state index contributed by atoms with van der Waals surface area (Å²) < 4.78 is 7.23. The van der Waals surface area contributed by atoms with Crippen molar-refractivity contribution in [2.24, 2.45) is 12.8 Å². The van der Waals surface area contributed by atoms with Crippen LogP contribution in [0.1, 0.15) is 27.9 Å². The summed E-state index contributed by atoms with van der Waals surface area (Å²) in [6.45, 7) is -0.613. The van der Waals surface area contributed by atoms with E-state index in [0.717, 1.165) is 10.5 Å². The first-order valence-corrected chi connectivity index (χ1v) is 11.4. The molecule has 0 aliphatic carbocycles. The topological polar surface area (TPSA) is 152 Å². The smallest absolute Gasteiger partial charge is 0.421 e. The minimum atomic E-state index is -1.21. The van der Waals surface area contributed by atoms with E-state index in [-0.39, 0.29) is 35.6 Å². The molecule has 0 atom stereocenters. The summed E-state index contributed by atoms with van der Waals surface area (Å²) in [5.74, 6) is -0.893. The number of pyridine rings is 1. The highest BCUT2D eigenvalue weighted by molar-refractivity contribution is 6.08. The molecule has 1 amide bonds. The number of carboxylic acid groups (broad SMARTS) is 1. The average Bonchev–Trinajstić information content (AvgIpc) is 3.22. The fourth-order valence-electron chi connectivity index (χ4n) is 3.94. The van der Waals surface area contributed by atoms with Gasteiger partial charge in [0, 0.05) is 48.4 Å². The zero-order chi connectivity index (χ0) is 26.5. The first kappa shape index (κ1) is 27.9. The van der Waals surface area contributed by atoms with Crippen LogP contribution in [0.5, 0.6) is 5.75 Å². The van der Waals surface area contributed by atoms with Gasteiger partial charge in [-0.3, -0.25) is 15.0 Å². The predicted molar refractivity (Wildman–Crippen MR) is 146 cm³/mol. The first-order valence-electron chi connectivity index (χ1n) is 11.4. The quantitative estimate of drug-likeness (QED) is 0.165. The maximum atomic E-state index is 13.0. The normalized spacial score (nSPS) is 10.4. The molecule has 0 radical (unpaired) electrons. The number of aryl methyl sites for hydroxylation is 2. The van der Waals surface area contributed by atoms with Crippen molar-refractivity contribution in [2.75, 3.05) is 11.4 Å². The molecule has 2 heterocycles.